The Morgan fingerprint density at radius 3 is 2.71 bits per heavy atom. The number of rotatable bonds is 5. The first-order valence-electron chi connectivity index (χ1n) is 7.93. The number of benzene rings is 2. The van der Waals surface area contributed by atoms with Gasteiger partial charge in [0.2, 0.25) is 5.96 Å². The van der Waals surface area contributed by atoms with E-state index in [2.05, 4.69) is 39.3 Å². The minimum atomic E-state index is 0.587. The van der Waals surface area contributed by atoms with E-state index >= 15 is 0 Å². The summed E-state index contributed by atoms with van der Waals surface area (Å²) in [4.78, 5) is 9.08. The third kappa shape index (κ3) is 4.20. The lowest BCUT2D eigenvalue weighted by Crippen LogP contribution is -2.12. The van der Waals surface area contributed by atoms with Crippen LogP contribution in [-0.4, -0.2) is 18.2 Å². The van der Waals surface area contributed by atoms with E-state index in [1.807, 2.05) is 54.6 Å². The maximum Gasteiger partial charge on any atom is 0.227 e. The van der Waals surface area contributed by atoms with Crippen LogP contribution in [0.1, 0.15) is 12.0 Å². The van der Waals surface area contributed by atoms with Crippen molar-refractivity contribution in [3.8, 4) is 0 Å². The van der Waals surface area contributed by atoms with Crippen molar-refractivity contribution in [3.05, 3.63) is 85.1 Å². The summed E-state index contributed by atoms with van der Waals surface area (Å²) in [5.74, 6) is 0.587. The minimum absolute atomic E-state index is 0.587. The molecule has 0 atom stereocenters. The molecule has 0 saturated heterocycles. The van der Waals surface area contributed by atoms with Crippen molar-refractivity contribution in [2.24, 2.45) is 9.98 Å². The normalized spacial score (nSPS) is 13.5. The number of aliphatic imine (C=N–C) groups is 2. The molecule has 0 fully saturated rings. The van der Waals surface area contributed by atoms with Crippen LogP contribution in [0.2, 0.25) is 0 Å². The summed E-state index contributed by atoms with van der Waals surface area (Å²) in [5.41, 5.74) is 4.07. The second-order valence-electron chi connectivity index (χ2n) is 5.34. The fourth-order valence-electron chi connectivity index (χ4n) is 2.39. The molecule has 1 heterocycles. The van der Waals surface area contributed by atoms with Crippen molar-refractivity contribution in [1.29, 1.82) is 0 Å². The Morgan fingerprint density at radius 2 is 1.88 bits per heavy atom. The molecule has 120 valence electrons. The summed E-state index contributed by atoms with van der Waals surface area (Å²) in [7, 11) is 0. The lowest BCUT2D eigenvalue weighted by atomic mass is 10.1. The SMILES string of the molecule is C=CCNc1cccc(NC2=NC=CCC(c3ccccc3)=N2)c1. The van der Waals surface area contributed by atoms with Gasteiger partial charge in [-0.3, -0.25) is 0 Å². The third-order valence-electron chi connectivity index (χ3n) is 3.53. The fourth-order valence-corrected chi connectivity index (χ4v) is 2.39. The Labute approximate surface area is 142 Å². The molecule has 2 N–H and O–H groups in total. The summed E-state index contributed by atoms with van der Waals surface area (Å²) >= 11 is 0. The molecule has 0 unspecified atom stereocenters. The second kappa shape index (κ2) is 7.92. The van der Waals surface area contributed by atoms with Crippen LogP contribution in [0.15, 0.2) is 89.5 Å². The van der Waals surface area contributed by atoms with Gasteiger partial charge >= 0.3 is 0 Å². The Kier molecular flexibility index (Phi) is 5.20. The minimum Gasteiger partial charge on any atom is -0.382 e. The van der Waals surface area contributed by atoms with Crippen LogP contribution in [0.3, 0.4) is 0 Å². The van der Waals surface area contributed by atoms with Gasteiger partial charge in [0.15, 0.2) is 0 Å². The first-order chi connectivity index (χ1) is 11.8. The number of nitrogens with zero attached hydrogens (tertiary/aromatic N) is 2. The van der Waals surface area contributed by atoms with E-state index in [9.17, 15) is 0 Å². The van der Waals surface area contributed by atoms with Gasteiger partial charge in [-0.15, -0.1) is 6.58 Å². The van der Waals surface area contributed by atoms with E-state index in [4.69, 9.17) is 0 Å². The van der Waals surface area contributed by atoms with E-state index in [0.717, 1.165) is 35.6 Å². The largest absolute Gasteiger partial charge is 0.382 e. The number of hydrogen-bond donors (Lipinski definition) is 2. The van der Waals surface area contributed by atoms with Gasteiger partial charge in [-0.25, -0.2) is 9.98 Å². The first-order valence-corrected chi connectivity index (χ1v) is 7.93. The van der Waals surface area contributed by atoms with Gasteiger partial charge < -0.3 is 10.6 Å². The molecule has 0 spiro atoms. The summed E-state index contributed by atoms with van der Waals surface area (Å²) in [6, 6.07) is 18.2. The molecule has 0 aromatic heterocycles. The van der Waals surface area contributed by atoms with Crippen molar-refractivity contribution in [2.45, 2.75) is 6.42 Å². The smallest absolute Gasteiger partial charge is 0.227 e. The zero-order chi connectivity index (χ0) is 16.6. The second-order valence-corrected chi connectivity index (χ2v) is 5.34. The number of hydrogen-bond acceptors (Lipinski definition) is 4. The molecule has 0 bridgehead atoms. The summed E-state index contributed by atoms with van der Waals surface area (Å²) in [6.45, 7) is 4.44. The molecule has 3 rings (SSSR count). The average molecular weight is 316 g/mol. The molecule has 0 saturated carbocycles. The van der Waals surface area contributed by atoms with Crippen LogP contribution < -0.4 is 10.6 Å². The third-order valence-corrected chi connectivity index (χ3v) is 3.53. The fraction of sp³-hybridized carbons (Fsp3) is 0.100. The van der Waals surface area contributed by atoms with E-state index < -0.39 is 0 Å². The maximum atomic E-state index is 4.69. The Hall–Kier alpha value is -3.14. The molecular formula is C20H20N4. The first kappa shape index (κ1) is 15.7. The van der Waals surface area contributed by atoms with E-state index in [0.29, 0.717) is 5.96 Å². The zero-order valence-corrected chi connectivity index (χ0v) is 13.4. The van der Waals surface area contributed by atoms with Gasteiger partial charge in [0.25, 0.3) is 0 Å². The monoisotopic (exact) mass is 316 g/mol. The van der Waals surface area contributed by atoms with Gasteiger partial charge in [-0.05, 0) is 23.8 Å². The lowest BCUT2D eigenvalue weighted by Gasteiger charge is -2.09. The van der Waals surface area contributed by atoms with E-state index in [1.165, 1.54) is 0 Å². The standard InChI is InChI=1S/C20H20N4/c1-2-13-21-17-10-6-11-18(15-17)23-20-22-14-7-12-19(24-20)16-8-4-3-5-9-16/h2-11,14-15,21H,1,12-13H2,(H,22,23). The Morgan fingerprint density at radius 1 is 1.04 bits per heavy atom. The molecule has 4 heteroatoms. The van der Waals surface area contributed by atoms with Gasteiger partial charge in [0.05, 0.1) is 5.71 Å². The van der Waals surface area contributed by atoms with Gasteiger partial charge in [0, 0.05) is 30.5 Å². The van der Waals surface area contributed by atoms with Crippen LogP contribution in [0.25, 0.3) is 0 Å². The van der Waals surface area contributed by atoms with Crippen LogP contribution in [0.5, 0.6) is 0 Å². The number of anilines is 2. The quantitative estimate of drug-likeness (QED) is 0.800. The molecule has 2 aromatic carbocycles. The van der Waals surface area contributed by atoms with E-state index in [1.54, 1.807) is 6.20 Å². The summed E-state index contributed by atoms with van der Waals surface area (Å²) in [5, 5.41) is 6.55. The van der Waals surface area contributed by atoms with Crippen molar-refractivity contribution < 1.29 is 0 Å². The van der Waals surface area contributed by atoms with Crippen molar-refractivity contribution in [1.82, 2.24) is 0 Å². The number of guanidine groups is 1. The van der Waals surface area contributed by atoms with Crippen molar-refractivity contribution in [3.63, 3.8) is 0 Å². The summed E-state index contributed by atoms with van der Waals surface area (Å²) < 4.78 is 0. The highest BCUT2D eigenvalue weighted by Crippen LogP contribution is 2.16. The predicted molar refractivity (Wildman–Crippen MR) is 103 cm³/mol. The Balaban J connectivity index is 1.79. The molecular weight excluding hydrogens is 296 g/mol. The Bertz CT molecular complexity index is 788. The maximum absolute atomic E-state index is 4.69. The van der Waals surface area contributed by atoms with Gasteiger partial charge in [-0.2, -0.15) is 0 Å². The lowest BCUT2D eigenvalue weighted by molar-refractivity contribution is 1.34. The molecule has 2 aromatic rings. The zero-order valence-electron chi connectivity index (χ0n) is 13.4. The van der Waals surface area contributed by atoms with Gasteiger partial charge in [-0.1, -0.05) is 48.6 Å². The highest BCUT2D eigenvalue weighted by atomic mass is 15.1. The predicted octanol–water partition coefficient (Wildman–Crippen LogP) is 4.46. The molecule has 1 aliphatic rings. The highest BCUT2D eigenvalue weighted by Gasteiger charge is 2.07. The van der Waals surface area contributed by atoms with Crippen LogP contribution in [0.4, 0.5) is 11.4 Å². The van der Waals surface area contributed by atoms with Crippen molar-refractivity contribution >= 4 is 23.0 Å². The molecule has 0 amide bonds. The summed E-state index contributed by atoms with van der Waals surface area (Å²) in [6.07, 6.45) is 6.40. The highest BCUT2D eigenvalue weighted by molar-refractivity contribution is 6.11. The molecule has 0 aliphatic carbocycles. The van der Waals surface area contributed by atoms with Crippen molar-refractivity contribution in [2.75, 3.05) is 17.2 Å². The number of nitrogens with one attached hydrogen (secondary N) is 2. The van der Waals surface area contributed by atoms with Crippen LogP contribution >= 0.6 is 0 Å². The van der Waals surface area contributed by atoms with Crippen LogP contribution in [-0.2, 0) is 0 Å². The number of allylic oxidation sites excluding steroid dienone is 1. The average Bonchev–Trinajstić information content (AvgIpc) is 2.87. The molecule has 24 heavy (non-hydrogen) atoms. The van der Waals surface area contributed by atoms with Crippen LogP contribution in [0, 0.1) is 0 Å². The van der Waals surface area contributed by atoms with E-state index in [-0.39, 0.29) is 0 Å². The molecule has 1 aliphatic heterocycles. The molecule has 4 nitrogen and oxygen atoms in total. The van der Waals surface area contributed by atoms with Gasteiger partial charge in [0.1, 0.15) is 0 Å². The topological polar surface area (TPSA) is 48.8 Å². The molecule has 0 radical (unpaired) electrons.